The summed E-state index contributed by atoms with van der Waals surface area (Å²) in [4.78, 5) is 26.0. The predicted octanol–water partition coefficient (Wildman–Crippen LogP) is 14.5. The van der Waals surface area contributed by atoms with Gasteiger partial charge in [-0.3, -0.25) is 9.59 Å². The van der Waals surface area contributed by atoms with Crippen molar-refractivity contribution in [2.45, 2.75) is 251 Å². The number of unbranched alkanes of at least 4 members (excludes halogenated alkanes) is 24. The molecule has 6 heteroatoms. The third-order valence-corrected chi connectivity index (χ3v) is 10.9. The number of carbonyl (C=O) groups excluding carboxylic acids is 2. The van der Waals surface area contributed by atoms with Gasteiger partial charge < -0.3 is 20.3 Å². The fourth-order valence-electron chi connectivity index (χ4n) is 7.20. The number of carbonyl (C=O) groups is 2. The van der Waals surface area contributed by atoms with Gasteiger partial charge >= 0.3 is 5.97 Å². The molecule has 0 saturated carbocycles. The van der Waals surface area contributed by atoms with Gasteiger partial charge in [-0.2, -0.15) is 0 Å². The molecule has 0 heterocycles. The Labute approximate surface area is 358 Å². The number of hydrogen-bond acceptors (Lipinski definition) is 5. The molecule has 0 aromatic heterocycles. The van der Waals surface area contributed by atoms with Gasteiger partial charge in [0.25, 0.3) is 0 Å². The molecule has 0 radical (unpaired) electrons. The lowest BCUT2D eigenvalue weighted by atomic mass is 10.0. The van der Waals surface area contributed by atoms with E-state index in [1.807, 2.05) is 24.3 Å². The summed E-state index contributed by atoms with van der Waals surface area (Å²) in [5, 5.41) is 23.7. The van der Waals surface area contributed by atoms with E-state index in [9.17, 15) is 19.8 Å². The van der Waals surface area contributed by atoms with Crippen LogP contribution in [0.25, 0.3) is 0 Å². The first kappa shape index (κ1) is 55.6. The third-order valence-electron chi connectivity index (χ3n) is 10.9. The lowest BCUT2D eigenvalue weighted by molar-refractivity contribution is -0.151. The van der Waals surface area contributed by atoms with Crippen molar-refractivity contribution in [3.63, 3.8) is 0 Å². The minimum atomic E-state index is -0.801. The van der Waals surface area contributed by atoms with Crippen molar-refractivity contribution >= 4 is 11.9 Å². The van der Waals surface area contributed by atoms with Gasteiger partial charge in [0, 0.05) is 6.42 Å². The predicted molar refractivity (Wildman–Crippen MR) is 250 cm³/mol. The number of aliphatic hydroxyl groups is 2. The Balaban J connectivity index is 4.66. The van der Waals surface area contributed by atoms with Crippen molar-refractivity contribution in [2.24, 2.45) is 0 Å². The van der Waals surface area contributed by atoms with Crippen LogP contribution in [0.15, 0.2) is 60.8 Å². The molecule has 0 saturated heterocycles. The topological polar surface area (TPSA) is 95.9 Å². The Morgan fingerprint density at radius 2 is 0.948 bits per heavy atom. The minimum absolute atomic E-state index is 0.0444. The Morgan fingerprint density at radius 1 is 0.517 bits per heavy atom. The van der Waals surface area contributed by atoms with Crippen LogP contribution in [0.1, 0.15) is 233 Å². The molecule has 0 aliphatic carbocycles. The Kier molecular flexibility index (Phi) is 43.7. The summed E-state index contributed by atoms with van der Waals surface area (Å²) in [7, 11) is 0. The van der Waals surface area contributed by atoms with Crippen LogP contribution in [0.3, 0.4) is 0 Å². The molecule has 0 aromatic carbocycles. The van der Waals surface area contributed by atoms with Crippen molar-refractivity contribution in [3.8, 4) is 0 Å². The van der Waals surface area contributed by atoms with E-state index in [0.717, 1.165) is 83.5 Å². The maximum absolute atomic E-state index is 13.2. The first-order valence-electron chi connectivity index (χ1n) is 24.6. The zero-order valence-corrected chi connectivity index (χ0v) is 38.2. The van der Waals surface area contributed by atoms with Crippen LogP contribution in [-0.4, -0.2) is 46.9 Å². The summed E-state index contributed by atoms with van der Waals surface area (Å²) >= 11 is 0. The molecule has 3 atom stereocenters. The highest BCUT2D eigenvalue weighted by atomic mass is 16.5. The normalized spacial score (nSPS) is 13.8. The molecule has 0 aliphatic heterocycles. The second kappa shape index (κ2) is 45.6. The SMILES string of the molecule is CC/C=C/C=C/C=C/C=C\CCCCCC(CC(=O)NC(CO)C(O)CCCCCCCCCCCCCCC)OC(=O)CCCCC/C=C\CCCCCCCC. The number of amides is 1. The molecule has 0 spiro atoms. The van der Waals surface area contributed by atoms with E-state index in [1.165, 1.54) is 103 Å². The summed E-state index contributed by atoms with van der Waals surface area (Å²) in [6.45, 7) is 6.31. The molecule has 1 amide bonds. The van der Waals surface area contributed by atoms with Crippen molar-refractivity contribution in [3.05, 3.63) is 60.8 Å². The third kappa shape index (κ3) is 40.3. The number of hydrogen-bond donors (Lipinski definition) is 3. The fourth-order valence-corrected chi connectivity index (χ4v) is 7.20. The zero-order chi connectivity index (χ0) is 42.4. The summed E-state index contributed by atoms with van der Waals surface area (Å²) in [6, 6.07) is -0.717. The molecular formula is C52H93NO5. The van der Waals surface area contributed by atoms with E-state index < -0.39 is 18.2 Å². The standard InChI is InChI=1S/C52H93NO5/c1-4-7-10-13-16-19-22-25-28-31-34-37-40-43-48(58-52(57)45-42-39-36-33-30-27-24-21-18-15-12-9-6-3)46-51(56)53-49(47-54)50(55)44-41-38-35-32-29-26-23-20-17-14-11-8-5-2/h7,10,13,16,19,22,25,27-28,30,48-50,54-55H,4-6,8-9,11-12,14-15,17-18,20-21,23-24,26,29,31-47H2,1-3H3,(H,53,56)/b10-7+,16-13+,22-19+,28-25-,30-27-. The van der Waals surface area contributed by atoms with Crippen molar-refractivity contribution in [1.82, 2.24) is 5.32 Å². The largest absolute Gasteiger partial charge is 0.462 e. The second-order valence-electron chi connectivity index (χ2n) is 16.6. The average molecular weight is 812 g/mol. The van der Waals surface area contributed by atoms with E-state index in [4.69, 9.17) is 4.74 Å². The van der Waals surface area contributed by atoms with Gasteiger partial charge in [0.1, 0.15) is 6.10 Å². The lowest BCUT2D eigenvalue weighted by Gasteiger charge is -2.24. The van der Waals surface area contributed by atoms with Gasteiger partial charge in [0.2, 0.25) is 5.91 Å². The number of nitrogens with one attached hydrogen (secondary N) is 1. The monoisotopic (exact) mass is 812 g/mol. The van der Waals surface area contributed by atoms with Crippen molar-refractivity contribution < 1.29 is 24.5 Å². The van der Waals surface area contributed by atoms with Gasteiger partial charge in [-0.1, -0.05) is 210 Å². The van der Waals surface area contributed by atoms with E-state index in [1.54, 1.807) is 0 Å². The molecule has 3 unspecified atom stereocenters. The molecule has 58 heavy (non-hydrogen) atoms. The molecule has 336 valence electrons. The summed E-state index contributed by atoms with van der Waals surface area (Å²) in [5.41, 5.74) is 0. The van der Waals surface area contributed by atoms with E-state index in [-0.39, 0.29) is 24.9 Å². The van der Waals surface area contributed by atoms with Crippen LogP contribution in [0.5, 0.6) is 0 Å². The molecule has 0 rings (SSSR count). The summed E-state index contributed by atoms with van der Waals surface area (Å²) < 4.78 is 5.89. The number of allylic oxidation sites excluding steroid dienone is 10. The summed E-state index contributed by atoms with van der Waals surface area (Å²) in [6.07, 6.45) is 55.6. The van der Waals surface area contributed by atoms with Gasteiger partial charge in [-0.05, 0) is 70.6 Å². The van der Waals surface area contributed by atoms with Crippen LogP contribution in [0.2, 0.25) is 0 Å². The molecule has 0 fully saturated rings. The lowest BCUT2D eigenvalue weighted by Crippen LogP contribution is -2.46. The van der Waals surface area contributed by atoms with Crippen molar-refractivity contribution in [1.29, 1.82) is 0 Å². The molecular weight excluding hydrogens is 719 g/mol. The first-order chi connectivity index (χ1) is 28.5. The van der Waals surface area contributed by atoms with Gasteiger partial charge in [-0.15, -0.1) is 0 Å². The number of esters is 1. The van der Waals surface area contributed by atoms with E-state index in [0.29, 0.717) is 19.3 Å². The Morgan fingerprint density at radius 3 is 1.48 bits per heavy atom. The van der Waals surface area contributed by atoms with Crippen LogP contribution >= 0.6 is 0 Å². The highest BCUT2D eigenvalue weighted by Crippen LogP contribution is 2.17. The maximum atomic E-state index is 13.2. The highest BCUT2D eigenvalue weighted by Gasteiger charge is 2.24. The van der Waals surface area contributed by atoms with Crippen LogP contribution in [0.4, 0.5) is 0 Å². The number of ether oxygens (including phenoxy) is 1. The Hall–Kier alpha value is -2.44. The second-order valence-corrected chi connectivity index (χ2v) is 16.6. The minimum Gasteiger partial charge on any atom is -0.462 e. The molecule has 0 aromatic rings. The van der Waals surface area contributed by atoms with Gasteiger partial charge in [-0.25, -0.2) is 0 Å². The van der Waals surface area contributed by atoms with E-state index >= 15 is 0 Å². The summed E-state index contributed by atoms with van der Waals surface area (Å²) in [5.74, 6) is -0.533. The zero-order valence-electron chi connectivity index (χ0n) is 38.2. The number of aliphatic hydroxyl groups excluding tert-OH is 2. The quantitative estimate of drug-likeness (QED) is 0.0247. The molecule has 6 nitrogen and oxygen atoms in total. The number of rotatable bonds is 43. The first-order valence-corrected chi connectivity index (χ1v) is 24.6. The maximum Gasteiger partial charge on any atom is 0.306 e. The van der Waals surface area contributed by atoms with E-state index in [2.05, 4.69) is 62.5 Å². The Bertz CT molecular complexity index is 1050. The molecule has 3 N–H and O–H groups in total. The van der Waals surface area contributed by atoms with Crippen LogP contribution in [0, 0.1) is 0 Å². The highest BCUT2D eigenvalue weighted by molar-refractivity contribution is 5.77. The smallest absolute Gasteiger partial charge is 0.306 e. The van der Waals surface area contributed by atoms with Gasteiger partial charge in [0.05, 0.1) is 25.2 Å². The van der Waals surface area contributed by atoms with Crippen molar-refractivity contribution in [2.75, 3.05) is 6.61 Å². The van der Waals surface area contributed by atoms with Crippen LogP contribution < -0.4 is 5.32 Å². The molecule has 0 aliphatic rings. The average Bonchev–Trinajstić information content (AvgIpc) is 3.22. The van der Waals surface area contributed by atoms with Gasteiger partial charge in [0.15, 0.2) is 0 Å². The molecule has 0 bridgehead atoms. The van der Waals surface area contributed by atoms with Crippen LogP contribution in [-0.2, 0) is 14.3 Å². The fraction of sp³-hybridized carbons (Fsp3) is 0.769.